The summed E-state index contributed by atoms with van der Waals surface area (Å²) in [5.41, 5.74) is -0.894. The summed E-state index contributed by atoms with van der Waals surface area (Å²) in [4.78, 5) is 23.4. The largest absolute Gasteiger partial charge is 0.479 e. The normalized spacial score (nSPS) is 57.0. The number of ether oxygens (including phenoxy) is 5. The maximum atomic E-state index is 11.5. The Kier molecular flexibility index (Phi) is 6.25. The van der Waals surface area contributed by atoms with Gasteiger partial charge in [0.25, 0.3) is 0 Å². The maximum absolute atomic E-state index is 11.5. The van der Waals surface area contributed by atoms with Crippen LogP contribution in [0.2, 0.25) is 0 Å². The van der Waals surface area contributed by atoms with Gasteiger partial charge in [-0.15, -0.1) is 0 Å². The maximum Gasteiger partial charge on any atom is 0.335 e. The molecule has 4 N–H and O–H groups in total. The molecule has 6 rings (SSSR count). The Morgan fingerprint density at radius 1 is 0.971 bits per heavy atom. The number of carboxylic acids is 1. The van der Waals surface area contributed by atoms with Crippen LogP contribution in [0.15, 0.2) is 0 Å². The molecule has 0 amide bonds. The zero-order chi connectivity index (χ0) is 24.6. The Morgan fingerprint density at radius 2 is 1.71 bits per heavy atom. The molecule has 194 valence electrons. The molecule has 14 atom stereocenters. The van der Waals surface area contributed by atoms with Crippen molar-refractivity contribution in [2.24, 2.45) is 23.7 Å². The van der Waals surface area contributed by atoms with Crippen molar-refractivity contribution < 1.29 is 58.7 Å². The molecule has 6 fully saturated rings. The average Bonchev–Trinajstić information content (AvgIpc) is 3.03. The summed E-state index contributed by atoms with van der Waals surface area (Å²) < 4.78 is 29.6. The predicted molar refractivity (Wildman–Crippen MR) is 108 cm³/mol. The van der Waals surface area contributed by atoms with Gasteiger partial charge in [0.1, 0.15) is 18.3 Å². The minimum absolute atomic E-state index is 0.114. The van der Waals surface area contributed by atoms with Crippen LogP contribution in [0, 0.1) is 23.7 Å². The summed E-state index contributed by atoms with van der Waals surface area (Å²) in [5.74, 6) is -3.00. The van der Waals surface area contributed by atoms with Gasteiger partial charge in [0, 0.05) is 31.3 Å². The molecule has 0 aromatic heterocycles. The van der Waals surface area contributed by atoms with E-state index in [1.54, 1.807) is 14.0 Å². The van der Waals surface area contributed by atoms with Crippen molar-refractivity contribution >= 4 is 5.97 Å². The van der Waals surface area contributed by atoms with E-state index >= 15 is 0 Å². The molecule has 1 aliphatic carbocycles. The minimum Gasteiger partial charge on any atom is -0.479 e. The third-order valence-corrected chi connectivity index (χ3v) is 8.54. The summed E-state index contributed by atoms with van der Waals surface area (Å²) in [6, 6.07) is 0. The van der Waals surface area contributed by atoms with Crippen LogP contribution in [0.3, 0.4) is 0 Å². The van der Waals surface area contributed by atoms with Crippen LogP contribution in [0.1, 0.15) is 40.0 Å². The number of hydrogen-bond donors (Lipinski definition) is 4. The summed E-state index contributed by atoms with van der Waals surface area (Å²) in [5, 5.41) is 40.1. The van der Waals surface area contributed by atoms with Crippen molar-refractivity contribution in [3.63, 3.8) is 0 Å². The third kappa shape index (κ3) is 3.54. The van der Waals surface area contributed by atoms with Gasteiger partial charge in [-0.3, -0.25) is 0 Å². The molecular formula is C22H34O12. The molecule has 0 unspecified atom stereocenters. The molecular weight excluding hydrogens is 456 g/mol. The van der Waals surface area contributed by atoms with Gasteiger partial charge in [-0.1, -0.05) is 13.8 Å². The average molecular weight is 491 g/mol. The Hall–Kier alpha value is -0.930. The molecule has 34 heavy (non-hydrogen) atoms. The van der Waals surface area contributed by atoms with Crippen molar-refractivity contribution in [1.82, 2.24) is 0 Å². The number of fused-ring (bicyclic) bond motifs is 2. The van der Waals surface area contributed by atoms with Gasteiger partial charge in [-0.2, -0.15) is 0 Å². The Labute approximate surface area is 196 Å². The SMILES string of the molecule is CO[C@H]1O[C@@H]2O[C@@]3(C)CC[C@H]4[C@@H](C)[C@H](O[C@@H]5O[C@H](C(=O)O)[C@@H](O)[C@H](O)[C@H]5O)C[C@@H]([C@H]1C)[C@@]24OO3. The van der Waals surface area contributed by atoms with Crippen molar-refractivity contribution in [2.75, 3.05) is 7.11 Å². The number of carbonyl (C=O) groups is 1. The van der Waals surface area contributed by atoms with Crippen LogP contribution >= 0.6 is 0 Å². The zero-order valence-corrected chi connectivity index (χ0v) is 19.6. The lowest BCUT2D eigenvalue weighted by Gasteiger charge is -2.61. The Morgan fingerprint density at radius 3 is 2.38 bits per heavy atom. The first-order valence-corrected chi connectivity index (χ1v) is 11.8. The first-order valence-electron chi connectivity index (χ1n) is 11.8. The topological polar surface area (TPSA) is 163 Å². The highest BCUT2D eigenvalue weighted by molar-refractivity contribution is 5.73. The highest BCUT2D eigenvalue weighted by Crippen LogP contribution is 2.61. The molecule has 0 aromatic carbocycles. The second-order valence-electron chi connectivity index (χ2n) is 10.5. The number of aliphatic hydroxyl groups excluding tert-OH is 3. The number of aliphatic carboxylic acids is 1. The van der Waals surface area contributed by atoms with Crippen LogP contribution in [0.25, 0.3) is 0 Å². The Balaban J connectivity index is 1.45. The number of aliphatic hydroxyl groups is 3. The highest BCUT2D eigenvalue weighted by Gasteiger charge is 2.71. The second-order valence-corrected chi connectivity index (χ2v) is 10.5. The predicted octanol–water partition coefficient (Wildman–Crippen LogP) is -0.272. The van der Waals surface area contributed by atoms with E-state index in [1.807, 2.05) is 13.8 Å². The standard InChI is InChI=1S/C22H34O12/c1-8-10-5-6-21(3)32-20-22(10,34-33-21)11(9(2)18(28-4)31-20)7-12(8)29-19-15(25)13(23)14(24)16(30-19)17(26)27/h8-16,18-20,23-25H,5-7H2,1-4H3,(H,26,27)/t8-,9-,10+,11+,12-,13+,14+,15-,16+,18+,19-,20-,21-,22-/m1/s1. The van der Waals surface area contributed by atoms with E-state index in [0.717, 1.165) is 0 Å². The quantitative estimate of drug-likeness (QED) is 0.382. The van der Waals surface area contributed by atoms with Gasteiger partial charge in [0.05, 0.1) is 6.10 Å². The lowest BCUT2D eigenvalue weighted by Crippen LogP contribution is -2.72. The fourth-order valence-electron chi connectivity index (χ4n) is 6.59. The van der Waals surface area contributed by atoms with Crippen LogP contribution in [0.5, 0.6) is 0 Å². The smallest absolute Gasteiger partial charge is 0.335 e. The number of carboxylic acid groups (broad SMARTS) is 1. The fraction of sp³-hybridized carbons (Fsp3) is 0.955. The van der Waals surface area contributed by atoms with Crippen LogP contribution in [-0.4, -0.2) is 94.3 Å². The molecule has 12 nitrogen and oxygen atoms in total. The van der Waals surface area contributed by atoms with E-state index < -0.39 is 66.7 Å². The highest BCUT2D eigenvalue weighted by atomic mass is 17.3. The molecule has 6 aliphatic rings. The summed E-state index contributed by atoms with van der Waals surface area (Å²) in [6.45, 7) is 5.78. The lowest BCUT2D eigenvalue weighted by atomic mass is 9.57. The first-order chi connectivity index (χ1) is 16.0. The van der Waals surface area contributed by atoms with E-state index in [2.05, 4.69) is 0 Å². The summed E-state index contributed by atoms with van der Waals surface area (Å²) in [7, 11) is 1.56. The molecule has 5 aliphatic heterocycles. The van der Waals surface area contributed by atoms with Crippen molar-refractivity contribution in [3.8, 4) is 0 Å². The molecule has 0 radical (unpaired) electrons. The zero-order valence-electron chi connectivity index (χ0n) is 19.6. The van der Waals surface area contributed by atoms with Crippen molar-refractivity contribution in [2.45, 2.75) is 101 Å². The van der Waals surface area contributed by atoms with E-state index in [4.69, 9.17) is 33.5 Å². The summed E-state index contributed by atoms with van der Waals surface area (Å²) in [6.07, 6.45) is -8.33. The second kappa shape index (κ2) is 8.58. The molecule has 1 spiro atoms. The van der Waals surface area contributed by atoms with Crippen LogP contribution in [-0.2, 0) is 38.3 Å². The first kappa shape index (κ1) is 24.8. The number of methoxy groups -OCH3 is 1. The molecule has 2 bridgehead atoms. The van der Waals surface area contributed by atoms with Gasteiger partial charge < -0.3 is 44.1 Å². The van der Waals surface area contributed by atoms with E-state index in [1.165, 1.54) is 0 Å². The summed E-state index contributed by atoms with van der Waals surface area (Å²) >= 11 is 0. The van der Waals surface area contributed by atoms with Crippen LogP contribution in [0.4, 0.5) is 0 Å². The van der Waals surface area contributed by atoms with Gasteiger partial charge in [-0.25, -0.2) is 14.6 Å². The van der Waals surface area contributed by atoms with Gasteiger partial charge in [0.15, 0.2) is 30.6 Å². The minimum atomic E-state index is -1.78. The van der Waals surface area contributed by atoms with Crippen molar-refractivity contribution in [1.29, 1.82) is 0 Å². The number of rotatable bonds is 4. The lowest BCUT2D eigenvalue weighted by molar-refractivity contribution is -0.578. The monoisotopic (exact) mass is 490 g/mol. The van der Waals surface area contributed by atoms with E-state index in [9.17, 15) is 25.2 Å². The molecule has 12 heteroatoms. The molecule has 1 saturated carbocycles. The van der Waals surface area contributed by atoms with Gasteiger partial charge in [0.2, 0.25) is 5.79 Å². The van der Waals surface area contributed by atoms with E-state index in [-0.39, 0.29) is 23.7 Å². The Bertz CT molecular complexity index is 796. The molecule has 5 saturated heterocycles. The molecule has 5 heterocycles. The fourth-order valence-corrected chi connectivity index (χ4v) is 6.59. The van der Waals surface area contributed by atoms with Gasteiger partial charge >= 0.3 is 5.97 Å². The van der Waals surface area contributed by atoms with Crippen LogP contribution < -0.4 is 0 Å². The van der Waals surface area contributed by atoms with Crippen molar-refractivity contribution in [3.05, 3.63) is 0 Å². The number of hydrogen-bond acceptors (Lipinski definition) is 11. The van der Waals surface area contributed by atoms with Gasteiger partial charge in [-0.05, 0) is 25.7 Å². The van der Waals surface area contributed by atoms with E-state index in [0.29, 0.717) is 19.3 Å². The third-order valence-electron chi connectivity index (χ3n) is 8.54. The molecule has 0 aromatic rings.